The average molecular weight is 295 g/mol. The highest BCUT2D eigenvalue weighted by molar-refractivity contribution is 7.80. The first-order valence-corrected chi connectivity index (χ1v) is 7.27. The molecule has 0 spiro atoms. The Labute approximate surface area is 124 Å². The molecule has 1 aromatic heterocycles. The molecule has 1 aromatic rings. The van der Waals surface area contributed by atoms with Gasteiger partial charge in [-0.2, -0.15) is 0 Å². The molecule has 0 saturated carbocycles. The fourth-order valence-electron chi connectivity index (χ4n) is 2.43. The highest BCUT2D eigenvalue weighted by Crippen LogP contribution is 2.23. The normalized spacial score (nSPS) is 16.4. The van der Waals surface area contributed by atoms with Crippen molar-refractivity contribution in [2.45, 2.75) is 25.9 Å². The molecular weight excluding hydrogens is 274 g/mol. The molecule has 1 saturated heterocycles. The van der Waals surface area contributed by atoms with E-state index in [1.807, 2.05) is 19.1 Å². The van der Waals surface area contributed by atoms with Gasteiger partial charge in [0.15, 0.2) is 0 Å². The second kappa shape index (κ2) is 6.97. The molecule has 110 valence electrons. The third-order valence-corrected chi connectivity index (χ3v) is 3.69. The first-order chi connectivity index (χ1) is 9.61. The summed E-state index contributed by atoms with van der Waals surface area (Å²) in [4.78, 5) is 7.17. The van der Waals surface area contributed by atoms with Crippen molar-refractivity contribution in [1.82, 2.24) is 4.98 Å². The second-order valence-electron chi connectivity index (χ2n) is 4.97. The van der Waals surface area contributed by atoms with E-state index in [1.54, 1.807) is 0 Å². The second-order valence-corrected chi connectivity index (χ2v) is 5.41. The maximum atomic E-state index is 8.78. The van der Waals surface area contributed by atoms with Crippen molar-refractivity contribution in [3.05, 3.63) is 23.4 Å². The quantitative estimate of drug-likeness (QED) is 0.790. The van der Waals surface area contributed by atoms with Crippen molar-refractivity contribution >= 4 is 23.0 Å². The third-order valence-electron chi connectivity index (χ3n) is 3.47. The minimum Gasteiger partial charge on any atom is -0.394 e. The molecule has 3 N–H and O–H groups in total. The summed E-state index contributed by atoms with van der Waals surface area (Å²) in [7, 11) is 0. The zero-order valence-corrected chi connectivity index (χ0v) is 12.5. The van der Waals surface area contributed by atoms with Crippen molar-refractivity contribution in [2.24, 2.45) is 5.73 Å². The third kappa shape index (κ3) is 3.65. The Morgan fingerprint density at radius 2 is 2.20 bits per heavy atom. The van der Waals surface area contributed by atoms with Gasteiger partial charge in [0.25, 0.3) is 0 Å². The van der Waals surface area contributed by atoms with Crippen LogP contribution >= 0.6 is 12.2 Å². The van der Waals surface area contributed by atoms with Gasteiger partial charge < -0.3 is 20.5 Å². The summed E-state index contributed by atoms with van der Waals surface area (Å²) in [5.74, 6) is 0.873. The van der Waals surface area contributed by atoms with Gasteiger partial charge in [0.1, 0.15) is 10.8 Å². The lowest BCUT2D eigenvalue weighted by molar-refractivity contribution is 0.0158. The van der Waals surface area contributed by atoms with Crippen molar-refractivity contribution < 1.29 is 9.84 Å². The van der Waals surface area contributed by atoms with Gasteiger partial charge in [-0.25, -0.2) is 4.98 Å². The van der Waals surface area contributed by atoms with Crippen LogP contribution in [0.25, 0.3) is 0 Å². The van der Waals surface area contributed by atoms with Crippen LogP contribution in [0.4, 0.5) is 5.82 Å². The standard InChI is InChI=1S/C14H21N3O2S/c1-10-2-3-12(13(15)20)14(16-10)17-6-4-11(5-7-17)19-9-8-18/h2-3,11,18H,4-9H2,1H3,(H2,15,20). The van der Waals surface area contributed by atoms with Crippen molar-refractivity contribution in [2.75, 3.05) is 31.2 Å². The van der Waals surface area contributed by atoms with Gasteiger partial charge in [0.05, 0.1) is 24.9 Å². The molecule has 20 heavy (non-hydrogen) atoms. The summed E-state index contributed by atoms with van der Waals surface area (Å²) in [6.07, 6.45) is 2.06. The Bertz CT molecular complexity index is 473. The number of aliphatic hydroxyl groups excluding tert-OH is 1. The van der Waals surface area contributed by atoms with Crippen LogP contribution < -0.4 is 10.6 Å². The van der Waals surface area contributed by atoms with E-state index in [4.69, 9.17) is 27.8 Å². The predicted molar refractivity (Wildman–Crippen MR) is 83.1 cm³/mol. The fourth-order valence-corrected chi connectivity index (χ4v) is 2.59. The predicted octanol–water partition coefficient (Wildman–Crippen LogP) is 1.00. The highest BCUT2D eigenvalue weighted by Gasteiger charge is 2.23. The molecule has 0 amide bonds. The number of nitrogens with two attached hydrogens (primary N) is 1. The van der Waals surface area contributed by atoms with E-state index < -0.39 is 0 Å². The largest absolute Gasteiger partial charge is 0.394 e. The number of thiocarbonyl (C=S) groups is 1. The van der Waals surface area contributed by atoms with Crippen LogP contribution in [0.1, 0.15) is 24.1 Å². The van der Waals surface area contributed by atoms with Crippen LogP contribution in [-0.4, -0.2) is 47.5 Å². The molecule has 6 heteroatoms. The smallest absolute Gasteiger partial charge is 0.139 e. The number of aryl methyl sites for hydroxylation is 1. The Kier molecular flexibility index (Phi) is 5.28. The van der Waals surface area contributed by atoms with Crippen LogP contribution in [0.15, 0.2) is 12.1 Å². The van der Waals surface area contributed by atoms with E-state index in [-0.39, 0.29) is 12.7 Å². The number of nitrogens with zero attached hydrogens (tertiary/aromatic N) is 2. The van der Waals surface area contributed by atoms with Gasteiger partial charge >= 0.3 is 0 Å². The lowest BCUT2D eigenvalue weighted by atomic mass is 10.1. The zero-order chi connectivity index (χ0) is 14.5. The Morgan fingerprint density at radius 1 is 1.50 bits per heavy atom. The van der Waals surface area contributed by atoms with Gasteiger partial charge in [0, 0.05) is 18.8 Å². The van der Waals surface area contributed by atoms with Crippen LogP contribution in [0, 0.1) is 6.92 Å². The number of hydrogen-bond acceptors (Lipinski definition) is 5. The summed E-state index contributed by atoms with van der Waals surface area (Å²) < 4.78 is 5.57. The summed E-state index contributed by atoms with van der Waals surface area (Å²) in [5.41, 5.74) is 7.57. The topological polar surface area (TPSA) is 71.6 Å². The monoisotopic (exact) mass is 295 g/mol. The molecule has 2 heterocycles. The van der Waals surface area contributed by atoms with Gasteiger partial charge in [0.2, 0.25) is 0 Å². The molecule has 0 atom stereocenters. The van der Waals surface area contributed by atoms with Crippen molar-refractivity contribution in [1.29, 1.82) is 0 Å². The van der Waals surface area contributed by atoms with Crippen LogP contribution in [0.3, 0.4) is 0 Å². The minimum atomic E-state index is 0.0746. The molecule has 0 radical (unpaired) electrons. The Morgan fingerprint density at radius 3 is 2.80 bits per heavy atom. The molecular formula is C14H21N3O2S. The van der Waals surface area contributed by atoms with Gasteiger partial charge in [-0.15, -0.1) is 0 Å². The molecule has 0 aliphatic carbocycles. The highest BCUT2D eigenvalue weighted by atomic mass is 32.1. The van der Waals surface area contributed by atoms with E-state index in [1.165, 1.54) is 0 Å². The van der Waals surface area contributed by atoms with E-state index in [2.05, 4.69) is 9.88 Å². The fraction of sp³-hybridized carbons (Fsp3) is 0.571. The minimum absolute atomic E-state index is 0.0746. The molecule has 0 bridgehead atoms. The van der Waals surface area contributed by atoms with E-state index >= 15 is 0 Å². The number of aromatic nitrogens is 1. The molecule has 5 nitrogen and oxygen atoms in total. The number of ether oxygens (including phenoxy) is 1. The molecule has 2 rings (SSSR count). The number of pyridine rings is 1. The first-order valence-electron chi connectivity index (χ1n) is 6.86. The van der Waals surface area contributed by atoms with Gasteiger partial charge in [-0.3, -0.25) is 0 Å². The first kappa shape index (κ1) is 15.2. The summed E-state index contributed by atoms with van der Waals surface area (Å²) in [6.45, 7) is 4.17. The maximum absolute atomic E-state index is 8.78. The van der Waals surface area contributed by atoms with Crippen LogP contribution in [0.5, 0.6) is 0 Å². The molecule has 0 unspecified atom stereocenters. The number of hydrogen-bond donors (Lipinski definition) is 2. The number of anilines is 1. The average Bonchev–Trinajstić information content (AvgIpc) is 2.45. The molecule has 1 aliphatic rings. The van der Waals surface area contributed by atoms with Crippen molar-refractivity contribution in [3.8, 4) is 0 Å². The number of rotatable bonds is 5. The maximum Gasteiger partial charge on any atom is 0.139 e. The van der Waals surface area contributed by atoms with E-state index in [9.17, 15) is 0 Å². The SMILES string of the molecule is Cc1ccc(C(N)=S)c(N2CCC(OCCO)CC2)n1. The number of aliphatic hydroxyl groups is 1. The van der Waals surface area contributed by atoms with Crippen molar-refractivity contribution in [3.63, 3.8) is 0 Å². The van der Waals surface area contributed by atoms with Crippen LogP contribution in [-0.2, 0) is 4.74 Å². The van der Waals surface area contributed by atoms with Gasteiger partial charge in [-0.05, 0) is 31.9 Å². The van der Waals surface area contributed by atoms with E-state index in [0.29, 0.717) is 11.6 Å². The van der Waals surface area contributed by atoms with E-state index in [0.717, 1.165) is 43.0 Å². The summed E-state index contributed by atoms with van der Waals surface area (Å²) >= 11 is 5.10. The molecule has 0 aromatic carbocycles. The summed E-state index contributed by atoms with van der Waals surface area (Å²) in [6, 6.07) is 3.86. The lowest BCUT2D eigenvalue weighted by Gasteiger charge is -2.33. The zero-order valence-electron chi connectivity index (χ0n) is 11.7. The molecule has 1 fully saturated rings. The van der Waals surface area contributed by atoms with Gasteiger partial charge in [-0.1, -0.05) is 12.2 Å². The number of piperidine rings is 1. The Balaban J connectivity index is 2.06. The van der Waals surface area contributed by atoms with Crippen LogP contribution in [0.2, 0.25) is 0 Å². The molecule has 1 aliphatic heterocycles. The lowest BCUT2D eigenvalue weighted by Crippen LogP contribution is -2.39. The Hall–Kier alpha value is -1.24. The summed E-state index contributed by atoms with van der Waals surface area (Å²) in [5, 5.41) is 8.78.